The topological polar surface area (TPSA) is 336 Å². The summed E-state index contributed by atoms with van der Waals surface area (Å²) in [5.74, 6) is 3.88. The molecule has 23 nitrogen and oxygen atoms in total. The van der Waals surface area contributed by atoms with Gasteiger partial charge in [-0.15, -0.1) is 0 Å². The van der Waals surface area contributed by atoms with E-state index in [2.05, 4.69) is 58.7 Å². The number of hydrogen-bond acceptors (Lipinski definition) is 20. The number of rotatable bonds is 15. The molecule has 0 spiro atoms. The fourth-order valence-electron chi connectivity index (χ4n) is 12.4. The molecule has 7 aromatic carbocycles. The van der Waals surface area contributed by atoms with Crippen LogP contribution in [0.25, 0.3) is 103 Å². The number of aromatic nitrogens is 13. The Balaban J connectivity index is 0.000000142. The Morgan fingerprint density at radius 3 is 1.07 bits per heavy atom. The molecule has 3 N–H and O–H groups in total. The normalized spacial score (nSPS) is 10.9. The molecule has 0 saturated heterocycles. The molecule has 107 heavy (non-hydrogen) atoms. The SMILES string of the molecule is Cc1cc(/C=C/C#N)cc(C)c1-n1c(-c2ccccc2)nc2cnc(Nc3ccc(C#N)cc3)nc21.Cc1cc(/C=C/C#N)cc(C)c1-n1c(-c2ccccn2)nc2cnc(Nc3ccc(C#N)cc3)nc21.Cc1cc(/C=C/C#N)cc(C)c1-n1c(-c2ccco2)nc2cnc(Nc3ccc(C#N)cc3)nc21. The molecule has 0 aliphatic rings. The number of anilines is 6. The Bertz CT molecular complexity index is 5900. The van der Waals surface area contributed by atoms with E-state index < -0.39 is 0 Å². The number of furan rings is 1. The van der Waals surface area contributed by atoms with Gasteiger partial charge in [0, 0.05) is 47.1 Å². The van der Waals surface area contributed by atoms with Gasteiger partial charge in [0.2, 0.25) is 17.8 Å². The summed E-state index contributed by atoms with van der Waals surface area (Å²) in [6.45, 7) is 12.2. The van der Waals surface area contributed by atoms with Crippen LogP contribution in [0.5, 0.6) is 0 Å². The third kappa shape index (κ3) is 15.3. The summed E-state index contributed by atoms with van der Waals surface area (Å²) in [6, 6.07) is 65.3. The summed E-state index contributed by atoms with van der Waals surface area (Å²) in [5, 5.41) is 63.5. The van der Waals surface area contributed by atoms with Crippen molar-refractivity contribution < 1.29 is 4.42 Å². The lowest BCUT2D eigenvalue weighted by Gasteiger charge is -2.16. The van der Waals surface area contributed by atoms with Crippen molar-refractivity contribution in [1.29, 1.82) is 31.6 Å². The number of allylic oxidation sites excluding steroid dienone is 3. The molecule has 0 fully saturated rings. The van der Waals surface area contributed by atoms with Crippen LogP contribution in [0.1, 0.15) is 66.8 Å². The van der Waals surface area contributed by atoms with Crippen LogP contribution in [0.15, 0.2) is 224 Å². The molecule has 15 aromatic rings. The average molecular weight is 1390 g/mol. The Morgan fingerprint density at radius 1 is 0.364 bits per heavy atom. The minimum Gasteiger partial charge on any atom is -0.461 e. The van der Waals surface area contributed by atoms with Crippen molar-refractivity contribution in [1.82, 2.24) is 63.5 Å². The minimum atomic E-state index is 0.401. The highest BCUT2D eigenvalue weighted by atomic mass is 16.3. The molecule has 0 saturated carbocycles. The lowest BCUT2D eigenvalue weighted by Crippen LogP contribution is -2.06. The summed E-state index contributed by atoms with van der Waals surface area (Å²) >= 11 is 0. The molecule has 0 aliphatic heterocycles. The van der Waals surface area contributed by atoms with E-state index >= 15 is 0 Å². The van der Waals surface area contributed by atoms with Crippen LogP contribution in [0.4, 0.5) is 34.9 Å². The highest BCUT2D eigenvalue weighted by molar-refractivity contribution is 5.85. The monoisotopic (exact) mass is 1390 g/mol. The van der Waals surface area contributed by atoms with E-state index in [9.17, 15) is 0 Å². The predicted molar refractivity (Wildman–Crippen MR) is 412 cm³/mol. The number of nitriles is 6. The van der Waals surface area contributed by atoms with Gasteiger partial charge in [-0.1, -0.05) is 36.4 Å². The van der Waals surface area contributed by atoms with E-state index in [0.717, 1.165) is 95.6 Å². The summed E-state index contributed by atoms with van der Waals surface area (Å²) in [5.41, 5.74) is 21.3. The zero-order valence-electron chi connectivity index (χ0n) is 58.4. The van der Waals surface area contributed by atoms with E-state index in [1.165, 1.54) is 18.2 Å². The van der Waals surface area contributed by atoms with Crippen LogP contribution in [0.3, 0.4) is 0 Å². The highest BCUT2D eigenvalue weighted by Gasteiger charge is 2.25. The number of aryl methyl sites for hydroxylation is 6. The molecular formula is C84H60N22O. The molecule has 8 heterocycles. The lowest BCUT2D eigenvalue weighted by molar-refractivity contribution is 0.576. The molecule has 0 aliphatic carbocycles. The minimum absolute atomic E-state index is 0.401. The van der Waals surface area contributed by atoms with Gasteiger partial charge in [0.25, 0.3) is 0 Å². The van der Waals surface area contributed by atoms with Crippen LogP contribution in [0, 0.1) is 110 Å². The Kier molecular flexibility index (Phi) is 20.4. The summed E-state index contributed by atoms with van der Waals surface area (Å²) in [6.07, 6.45) is 18.2. The third-order valence-electron chi connectivity index (χ3n) is 16.9. The largest absolute Gasteiger partial charge is 0.461 e. The van der Waals surface area contributed by atoms with E-state index in [4.69, 9.17) is 65.9 Å². The molecule has 512 valence electrons. The predicted octanol–water partition coefficient (Wildman–Crippen LogP) is 17.7. The van der Waals surface area contributed by atoms with Crippen LogP contribution in [-0.2, 0) is 0 Å². The Morgan fingerprint density at radius 2 is 0.720 bits per heavy atom. The molecule has 0 bridgehead atoms. The number of benzene rings is 7. The van der Waals surface area contributed by atoms with Gasteiger partial charge in [-0.05, 0) is 243 Å². The van der Waals surface area contributed by atoms with Gasteiger partial charge in [0.05, 0.1) is 95.0 Å². The van der Waals surface area contributed by atoms with Gasteiger partial charge in [0.1, 0.15) is 28.1 Å². The third-order valence-corrected chi connectivity index (χ3v) is 16.9. The zero-order valence-corrected chi connectivity index (χ0v) is 58.4. The molecule has 0 atom stereocenters. The fraction of sp³-hybridized carbons (Fsp3) is 0.0714. The second-order valence-electron chi connectivity index (χ2n) is 24.4. The lowest BCUT2D eigenvalue weighted by atomic mass is 10.0. The number of fused-ring (bicyclic) bond motifs is 3. The molecule has 0 radical (unpaired) electrons. The number of hydrogen-bond donors (Lipinski definition) is 3. The van der Waals surface area contributed by atoms with Gasteiger partial charge in [-0.25, -0.2) is 29.9 Å². The first-order chi connectivity index (χ1) is 52.2. The number of nitrogens with one attached hydrogen (secondary N) is 3. The van der Waals surface area contributed by atoms with Crippen molar-refractivity contribution >= 4 is 86.6 Å². The van der Waals surface area contributed by atoms with Crippen molar-refractivity contribution in [3.63, 3.8) is 0 Å². The van der Waals surface area contributed by atoms with Crippen LogP contribution < -0.4 is 16.0 Å². The fourth-order valence-corrected chi connectivity index (χ4v) is 12.4. The molecule has 8 aromatic heterocycles. The van der Waals surface area contributed by atoms with Crippen LogP contribution in [-0.4, -0.2) is 63.5 Å². The second kappa shape index (κ2) is 31.4. The maximum atomic E-state index is 9.05. The molecule has 0 unspecified atom stereocenters. The highest BCUT2D eigenvalue weighted by Crippen LogP contribution is 2.37. The molecular weight excluding hydrogens is 1330 g/mol. The first-order valence-electron chi connectivity index (χ1n) is 33.3. The molecule has 15 rings (SSSR count). The number of nitrogens with zero attached hydrogens (tertiary/aromatic N) is 19. The molecule has 23 heteroatoms. The van der Waals surface area contributed by atoms with Crippen molar-refractivity contribution in [3.05, 3.63) is 286 Å². The van der Waals surface area contributed by atoms with E-state index in [1.807, 2.05) is 190 Å². The summed E-state index contributed by atoms with van der Waals surface area (Å²) in [7, 11) is 0. The van der Waals surface area contributed by atoms with Crippen molar-refractivity contribution in [2.24, 2.45) is 0 Å². The van der Waals surface area contributed by atoms with E-state index in [-0.39, 0.29) is 0 Å². The quantitative estimate of drug-likeness (QED) is 0.0803. The van der Waals surface area contributed by atoms with E-state index in [0.29, 0.717) is 91.1 Å². The second-order valence-corrected chi connectivity index (χ2v) is 24.4. The summed E-state index contributed by atoms with van der Waals surface area (Å²) < 4.78 is 11.7. The average Bonchev–Trinajstić information content (AvgIpc) is 1.64. The van der Waals surface area contributed by atoms with Gasteiger partial charge in [0.15, 0.2) is 34.4 Å². The first-order valence-corrected chi connectivity index (χ1v) is 33.3. The van der Waals surface area contributed by atoms with Gasteiger partial charge >= 0.3 is 0 Å². The summed E-state index contributed by atoms with van der Waals surface area (Å²) in [4.78, 5) is 46.9. The standard InChI is InChI=1S/C29H21N7.C28H20N8.C27H19N7O/c1-19-15-22(7-6-14-30)16-20(2)26(19)36-27(23-8-4-3-5-9-23)34-25-18-32-29(35-28(25)36)33-24-12-10-21(17-31)11-13-24;1-18-14-21(6-5-12-29)15-19(2)25(18)36-26(23-7-3-4-13-31-23)34-24-17-32-28(35-27(24)36)33-22-10-8-20(16-30)9-11-22;1-17-13-20(5-3-11-28)14-18(2)24(17)34-25-22(32-26(34)23-6-4-12-35-23)16-30-27(33-25)31-21-9-7-19(15-29)8-10-21/h3-13,15-16,18H,1-2H3,(H,32,33,35);3-11,13-15,17H,1-2H3,(H,32,33,35);3-10,12-14,16H,1-2H3,(H,30,31,33)/b7-6+;6-5+;5-3+. The van der Waals surface area contributed by atoms with Crippen molar-refractivity contribution in [3.8, 4) is 88.0 Å². The van der Waals surface area contributed by atoms with Gasteiger partial charge in [-0.3, -0.25) is 18.7 Å². The van der Waals surface area contributed by atoms with Crippen molar-refractivity contribution in [2.75, 3.05) is 16.0 Å². The van der Waals surface area contributed by atoms with Crippen LogP contribution >= 0.6 is 0 Å². The zero-order chi connectivity index (χ0) is 74.5. The Labute approximate surface area is 614 Å². The molecule has 0 amide bonds. The van der Waals surface area contributed by atoms with Crippen molar-refractivity contribution in [2.45, 2.75) is 41.5 Å². The smallest absolute Gasteiger partial charge is 0.229 e. The number of imidazole rings is 3. The van der Waals surface area contributed by atoms with E-state index in [1.54, 1.807) is 97.8 Å². The number of pyridine rings is 1. The van der Waals surface area contributed by atoms with Crippen LogP contribution in [0.2, 0.25) is 0 Å². The van der Waals surface area contributed by atoms with Gasteiger partial charge < -0.3 is 20.4 Å². The van der Waals surface area contributed by atoms with Gasteiger partial charge in [-0.2, -0.15) is 46.5 Å². The maximum absolute atomic E-state index is 9.05. The first kappa shape index (κ1) is 69.7. The maximum Gasteiger partial charge on any atom is 0.229 e. The Hall–Kier alpha value is -15.8.